The molecule has 2 aromatic rings. The number of anilines is 1. The van der Waals surface area contributed by atoms with Gasteiger partial charge in [0.15, 0.2) is 0 Å². The Bertz CT molecular complexity index is 600. The number of hydrogen-bond acceptors (Lipinski definition) is 2. The Kier molecular flexibility index (Phi) is 2.67. The number of benzene rings is 2. The van der Waals surface area contributed by atoms with Gasteiger partial charge in [-0.1, -0.05) is 24.3 Å². The second-order valence-corrected chi connectivity index (χ2v) is 4.72. The summed E-state index contributed by atoms with van der Waals surface area (Å²) in [5.41, 5.74) is 1.27. The maximum atomic E-state index is 11.4. The van der Waals surface area contributed by atoms with Crippen LogP contribution in [0.3, 0.4) is 0 Å². The Morgan fingerprint density at radius 3 is 2.28 bits per heavy atom. The molecular formula is C15H15NO2. The van der Waals surface area contributed by atoms with Gasteiger partial charge in [0, 0.05) is 13.1 Å². The first kappa shape index (κ1) is 11.1. The van der Waals surface area contributed by atoms with Gasteiger partial charge in [0.05, 0.1) is 11.3 Å². The first-order valence-electron chi connectivity index (χ1n) is 6.27. The van der Waals surface area contributed by atoms with Crippen molar-refractivity contribution in [2.75, 3.05) is 18.0 Å². The average molecular weight is 241 g/mol. The third-order valence-electron chi connectivity index (χ3n) is 3.54. The summed E-state index contributed by atoms with van der Waals surface area (Å²) in [5, 5.41) is 11.4. The normalized spacial score (nSPS) is 15.2. The summed E-state index contributed by atoms with van der Waals surface area (Å²) < 4.78 is 0. The molecule has 3 heteroatoms. The molecule has 0 amide bonds. The lowest BCUT2D eigenvalue weighted by Crippen LogP contribution is -2.20. The van der Waals surface area contributed by atoms with Gasteiger partial charge < -0.3 is 10.0 Å². The largest absolute Gasteiger partial charge is 0.478 e. The molecule has 1 fully saturated rings. The quantitative estimate of drug-likeness (QED) is 0.878. The molecule has 3 rings (SSSR count). The minimum atomic E-state index is -0.845. The molecule has 1 saturated heterocycles. The molecule has 92 valence electrons. The summed E-state index contributed by atoms with van der Waals surface area (Å²) in [5.74, 6) is -0.845. The van der Waals surface area contributed by atoms with E-state index >= 15 is 0 Å². The van der Waals surface area contributed by atoms with Crippen LogP contribution in [0, 0.1) is 0 Å². The zero-order valence-corrected chi connectivity index (χ0v) is 10.1. The van der Waals surface area contributed by atoms with Gasteiger partial charge in [-0.3, -0.25) is 0 Å². The van der Waals surface area contributed by atoms with Crippen molar-refractivity contribution in [3.8, 4) is 0 Å². The van der Waals surface area contributed by atoms with Crippen LogP contribution in [0.15, 0.2) is 36.4 Å². The van der Waals surface area contributed by atoms with Gasteiger partial charge in [0.25, 0.3) is 0 Å². The molecule has 0 aliphatic carbocycles. The highest BCUT2D eigenvalue weighted by atomic mass is 16.4. The van der Waals surface area contributed by atoms with E-state index in [1.807, 2.05) is 30.3 Å². The molecule has 0 aromatic heterocycles. The van der Waals surface area contributed by atoms with Crippen molar-refractivity contribution in [1.82, 2.24) is 0 Å². The van der Waals surface area contributed by atoms with Gasteiger partial charge in [-0.25, -0.2) is 4.79 Å². The fourth-order valence-electron chi connectivity index (χ4n) is 2.62. The Balaban J connectivity index is 2.20. The predicted molar refractivity (Wildman–Crippen MR) is 72.4 cm³/mol. The van der Waals surface area contributed by atoms with Gasteiger partial charge >= 0.3 is 5.97 Å². The van der Waals surface area contributed by atoms with Crippen LogP contribution < -0.4 is 4.90 Å². The van der Waals surface area contributed by atoms with E-state index < -0.39 is 5.97 Å². The summed E-state index contributed by atoms with van der Waals surface area (Å²) in [7, 11) is 0. The standard InChI is InChI=1S/C15H15NO2/c17-15(18)13-9-11-5-1-2-6-12(11)10-14(13)16-7-3-4-8-16/h1-2,5-6,9-10H,3-4,7-8H2,(H,17,18). The van der Waals surface area contributed by atoms with Crippen LogP contribution in [0.2, 0.25) is 0 Å². The van der Waals surface area contributed by atoms with Crippen LogP contribution in [-0.4, -0.2) is 24.2 Å². The Morgan fingerprint density at radius 1 is 1.06 bits per heavy atom. The van der Waals surface area contributed by atoms with Gasteiger partial charge in [-0.05, 0) is 35.7 Å². The highest BCUT2D eigenvalue weighted by molar-refractivity contribution is 6.01. The lowest BCUT2D eigenvalue weighted by atomic mass is 10.0. The van der Waals surface area contributed by atoms with E-state index in [0.29, 0.717) is 5.56 Å². The number of carbonyl (C=O) groups is 1. The van der Waals surface area contributed by atoms with Gasteiger partial charge in [-0.2, -0.15) is 0 Å². The van der Waals surface area contributed by atoms with Crippen LogP contribution in [-0.2, 0) is 0 Å². The van der Waals surface area contributed by atoms with E-state index in [4.69, 9.17) is 0 Å². The molecule has 3 nitrogen and oxygen atoms in total. The van der Waals surface area contributed by atoms with Crippen LogP contribution >= 0.6 is 0 Å². The molecule has 0 saturated carbocycles. The average Bonchev–Trinajstić information content (AvgIpc) is 2.91. The van der Waals surface area contributed by atoms with Crippen molar-refractivity contribution in [3.63, 3.8) is 0 Å². The van der Waals surface area contributed by atoms with Crippen LogP contribution in [0.25, 0.3) is 10.8 Å². The molecule has 0 radical (unpaired) electrons. The second-order valence-electron chi connectivity index (χ2n) is 4.72. The fraction of sp³-hybridized carbons (Fsp3) is 0.267. The number of rotatable bonds is 2. The van der Waals surface area contributed by atoms with Gasteiger partial charge in [0.1, 0.15) is 0 Å². The van der Waals surface area contributed by atoms with Crippen LogP contribution in [0.1, 0.15) is 23.2 Å². The number of aromatic carboxylic acids is 1. The number of hydrogen-bond donors (Lipinski definition) is 1. The first-order chi connectivity index (χ1) is 8.75. The molecule has 0 spiro atoms. The van der Waals surface area contributed by atoms with Crippen molar-refractivity contribution < 1.29 is 9.90 Å². The van der Waals surface area contributed by atoms with E-state index in [1.165, 1.54) is 0 Å². The van der Waals surface area contributed by atoms with Crippen molar-refractivity contribution in [3.05, 3.63) is 42.0 Å². The zero-order valence-electron chi connectivity index (χ0n) is 10.1. The minimum absolute atomic E-state index is 0.413. The lowest BCUT2D eigenvalue weighted by molar-refractivity contribution is 0.0697. The van der Waals surface area contributed by atoms with E-state index in [-0.39, 0.29) is 0 Å². The fourth-order valence-corrected chi connectivity index (χ4v) is 2.62. The van der Waals surface area contributed by atoms with Crippen LogP contribution in [0.4, 0.5) is 5.69 Å². The van der Waals surface area contributed by atoms with E-state index in [9.17, 15) is 9.90 Å². The molecule has 2 aromatic carbocycles. The van der Waals surface area contributed by atoms with Crippen molar-refractivity contribution in [1.29, 1.82) is 0 Å². The maximum Gasteiger partial charge on any atom is 0.337 e. The van der Waals surface area contributed by atoms with E-state index in [2.05, 4.69) is 4.90 Å². The monoisotopic (exact) mass is 241 g/mol. The summed E-state index contributed by atoms with van der Waals surface area (Å²) >= 11 is 0. The Labute approximate surface area is 106 Å². The summed E-state index contributed by atoms with van der Waals surface area (Å²) in [6.07, 6.45) is 2.29. The Hall–Kier alpha value is -2.03. The van der Waals surface area contributed by atoms with E-state index in [1.54, 1.807) is 6.07 Å². The topological polar surface area (TPSA) is 40.5 Å². The highest BCUT2D eigenvalue weighted by Crippen LogP contribution is 2.29. The minimum Gasteiger partial charge on any atom is -0.478 e. The smallest absolute Gasteiger partial charge is 0.337 e. The van der Waals surface area contributed by atoms with Gasteiger partial charge in [0.2, 0.25) is 0 Å². The number of fused-ring (bicyclic) bond motifs is 1. The lowest BCUT2D eigenvalue weighted by Gasteiger charge is -2.20. The number of carboxylic acid groups (broad SMARTS) is 1. The van der Waals surface area contributed by atoms with Crippen LogP contribution in [0.5, 0.6) is 0 Å². The van der Waals surface area contributed by atoms with Crippen molar-refractivity contribution >= 4 is 22.4 Å². The second kappa shape index (κ2) is 4.33. The summed E-state index contributed by atoms with van der Waals surface area (Å²) in [4.78, 5) is 13.6. The molecule has 0 unspecified atom stereocenters. The number of carboxylic acids is 1. The Morgan fingerprint density at radius 2 is 1.67 bits per heavy atom. The maximum absolute atomic E-state index is 11.4. The summed E-state index contributed by atoms with van der Waals surface area (Å²) in [6.45, 7) is 1.91. The van der Waals surface area contributed by atoms with Gasteiger partial charge in [-0.15, -0.1) is 0 Å². The predicted octanol–water partition coefficient (Wildman–Crippen LogP) is 3.14. The molecule has 1 heterocycles. The third kappa shape index (κ3) is 1.82. The van der Waals surface area contributed by atoms with E-state index in [0.717, 1.165) is 42.4 Å². The molecule has 0 atom stereocenters. The van der Waals surface area contributed by atoms with Crippen molar-refractivity contribution in [2.24, 2.45) is 0 Å². The molecule has 18 heavy (non-hydrogen) atoms. The zero-order chi connectivity index (χ0) is 12.5. The number of nitrogens with zero attached hydrogens (tertiary/aromatic N) is 1. The molecule has 1 aliphatic heterocycles. The molecular weight excluding hydrogens is 226 g/mol. The SMILES string of the molecule is O=C(O)c1cc2ccccc2cc1N1CCCC1. The first-order valence-corrected chi connectivity index (χ1v) is 6.27. The third-order valence-corrected chi connectivity index (χ3v) is 3.54. The molecule has 1 N–H and O–H groups in total. The molecule has 0 bridgehead atoms. The summed E-state index contributed by atoms with van der Waals surface area (Å²) in [6, 6.07) is 11.7. The van der Waals surface area contributed by atoms with Crippen molar-refractivity contribution in [2.45, 2.75) is 12.8 Å². The molecule has 1 aliphatic rings. The highest BCUT2D eigenvalue weighted by Gasteiger charge is 2.19.